The molecular formula is C52H54Ag2Au2F20N2O8P2+2. The first-order valence-electron chi connectivity index (χ1n) is 23.0. The minimum Gasteiger partial charge on any atom is -0.378 e. The van der Waals surface area contributed by atoms with Crippen molar-refractivity contribution in [2.75, 3.05) is 38.0 Å². The summed E-state index contributed by atoms with van der Waals surface area (Å²) < 4.78 is 224. The fraction of sp³-hybridized carbons (Fsp3) is 0.308. The Morgan fingerprint density at radius 3 is 0.500 bits per heavy atom. The number of hydrogen-bond acceptors (Lipinski definition) is 10. The molecular weight excluding hydrogens is 1830 g/mol. The van der Waals surface area contributed by atoms with Gasteiger partial charge in [0.1, 0.15) is 31.8 Å². The van der Waals surface area contributed by atoms with Gasteiger partial charge in [-0.2, -0.15) is 87.8 Å². The van der Waals surface area contributed by atoms with Crippen molar-refractivity contribution in [3.8, 4) is 0 Å². The van der Waals surface area contributed by atoms with E-state index in [4.69, 9.17) is 40.9 Å². The summed E-state index contributed by atoms with van der Waals surface area (Å²) >= 11 is 0. The molecule has 6 aromatic rings. The number of benzene rings is 6. The van der Waals surface area contributed by atoms with E-state index >= 15 is 0 Å². The number of aliphatic hydroxyl groups is 8. The zero-order chi connectivity index (χ0) is 65.0. The maximum atomic E-state index is 11.4. The van der Waals surface area contributed by atoms with Gasteiger partial charge in [-0.1, -0.05) is 72.8 Å². The quantitative estimate of drug-likeness (QED) is 0.0258. The zero-order valence-electron chi connectivity index (χ0n) is 44.7. The molecule has 0 unspecified atom stereocenters. The Bertz CT molecular complexity index is 2460. The molecule has 512 valence electrons. The van der Waals surface area contributed by atoms with Gasteiger partial charge in [-0.25, -0.2) is 0 Å². The van der Waals surface area contributed by atoms with E-state index in [1.807, 2.05) is 0 Å². The Kier molecular flexibility index (Phi) is 41.1. The number of alkyl halides is 20. The molecule has 0 saturated carbocycles. The molecule has 0 fully saturated rings. The summed E-state index contributed by atoms with van der Waals surface area (Å²) in [5, 5.41) is 68.6. The molecule has 0 bridgehead atoms. The molecule has 0 heterocycles. The monoisotopic (exact) mass is 1880 g/mol. The van der Waals surface area contributed by atoms with Crippen LogP contribution in [0.2, 0.25) is 0 Å². The van der Waals surface area contributed by atoms with E-state index in [1.54, 1.807) is 0 Å². The smallest absolute Gasteiger partial charge is 0.378 e. The van der Waals surface area contributed by atoms with Crippen LogP contribution in [0.4, 0.5) is 99.2 Å². The van der Waals surface area contributed by atoms with Gasteiger partial charge >= 0.3 is 48.4 Å². The minimum absolute atomic E-state index is 0. The molecule has 0 aliphatic heterocycles. The Balaban J connectivity index is -0.000000499. The molecule has 0 aliphatic rings. The molecule has 4 radical (unpaired) electrons. The van der Waals surface area contributed by atoms with Crippen molar-refractivity contribution in [3.63, 3.8) is 0 Å². The number of hydrogen-bond donors (Lipinski definition) is 8. The van der Waals surface area contributed by atoms with Crippen molar-refractivity contribution >= 4 is 59.0 Å². The number of aliphatic hydroxyl groups excluding tert-OH is 4. The van der Waals surface area contributed by atoms with Crippen LogP contribution >= 0.6 is 15.8 Å². The second kappa shape index (κ2) is 39.5. The number of nitrogens with zero attached hydrogens (tertiary/aromatic N) is 2. The molecule has 0 aromatic heterocycles. The molecule has 6 rings (SSSR count). The molecule has 0 spiro atoms. The van der Waals surface area contributed by atoms with Crippen molar-refractivity contribution in [1.29, 1.82) is 0 Å². The fourth-order valence-corrected chi connectivity index (χ4v) is 11.0. The van der Waals surface area contributed by atoms with E-state index in [0.29, 0.717) is 0 Å². The molecule has 0 atom stereocenters. The fourth-order valence-electron chi connectivity index (χ4n) is 5.86. The summed E-state index contributed by atoms with van der Waals surface area (Å²) in [4.78, 5) is 4.28. The van der Waals surface area contributed by atoms with Crippen LogP contribution in [0, 0.1) is 0 Å². The van der Waals surface area contributed by atoms with Gasteiger partial charge in [-0.05, 0) is 97.1 Å². The average molecular weight is 1890 g/mol. The maximum Gasteiger partial charge on any atom is 0.458 e. The summed E-state index contributed by atoms with van der Waals surface area (Å²) in [6.45, 7) is 0. The summed E-state index contributed by atoms with van der Waals surface area (Å²) in [7, 11) is 6.44. The largest absolute Gasteiger partial charge is 0.458 e. The van der Waals surface area contributed by atoms with Gasteiger partial charge in [-0.3, -0.25) is 0 Å². The van der Waals surface area contributed by atoms with Crippen LogP contribution < -0.4 is 41.6 Å². The summed E-state index contributed by atoms with van der Waals surface area (Å²) in [5.74, 6) is -21.8. The van der Waals surface area contributed by atoms with Crippen LogP contribution in [0.15, 0.2) is 170 Å². The van der Waals surface area contributed by atoms with E-state index in [2.05, 4.69) is 208 Å². The molecule has 0 amide bonds. The molecule has 36 heteroatoms. The Labute approximate surface area is 554 Å². The molecule has 10 nitrogen and oxygen atoms in total. The van der Waals surface area contributed by atoms with Gasteiger partial charge in [0, 0.05) is 129 Å². The Morgan fingerprint density at radius 2 is 0.398 bits per heavy atom. The molecule has 88 heavy (non-hydrogen) atoms. The van der Waals surface area contributed by atoms with E-state index < -0.39 is 89.4 Å². The first kappa shape index (κ1) is 91.4. The third-order valence-corrected chi connectivity index (χ3v) is 15.9. The summed E-state index contributed by atoms with van der Waals surface area (Å²) in [6.07, 6.45) is -38.5. The first-order chi connectivity index (χ1) is 38.3. The Hall–Kier alpha value is -2.98. The van der Waals surface area contributed by atoms with Crippen LogP contribution in [0.1, 0.15) is 0 Å². The van der Waals surface area contributed by atoms with Gasteiger partial charge in [0.05, 0.1) is 15.8 Å². The van der Waals surface area contributed by atoms with E-state index in [0.717, 1.165) is 0 Å². The van der Waals surface area contributed by atoms with Crippen molar-refractivity contribution in [2.45, 2.75) is 73.6 Å². The van der Waals surface area contributed by atoms with Crippen molar-refractivity contribution in [3.05, 3.63) is 170 Å². The van der Waals surface area contributed by atoms with Gasteiger partial charge in [0.2, 0.25) is 25.2 Å². The minimum atomic E-state index is -5.92. The topological polar surface area (TPSA) is 168 Å². The molecule has 6 aromatic carbocycles. The van der Waals surface area contributed by atoms with Crippen molar-refractivity contribution in [2.24, 2.45) is 0 Å². The third-order valence-electron chi connectivity index (χ3n) is 10.4. The third kappa shape index (κ3) is 28.1. The first-order valence-corrected chi connectivity index (χ1v) is 26.0. The van der Waals surface area contributed by atoms with Crippen LogP contribution in [-0.2, 0) is 89.5 Å². The van der Waals surface area contributed by atoms with Gasteiger partial charge in [0.15, 0.2) is 0 Å². The predicted molar refractivity (Wildman–Crippen MR) is 279 cm³/mol. The molecule has 0 saturated heterocycles. The van der Waals surface area contributed by atoms with Crippen LogP contribution in [0.25, 0.3) is 0 Å². The van der Waals surface area contributed by atoms with Crippen molar-refractivity contribution in [1.82, 2.24) is 0 Å². The second-order valence-electron chi connectivity index (χ2n) is 17.1. The van der Waals surface area contributed by atoms with Gasteiger partial charge < -0.3 is 50.7 Å². The maximum absolute atomic E-state index is 11.4. The van der Waals surface area contributed by atoms with E-state index in [-0.39, 0.29) is 89.5 Å². The average Bonchev–Trinajstić information content (AvgIpc) is 3.43. The number of rotatable bonds is 12. The molecule has 0 aliphatic carbocycles. The molecule has 8 N–H and O–H groups in total. The summed E-state index contributed by atoms with van der Waals surface area (Å²) in [5.41, 5.74) is 2.48. The second-order valence-corrected chi connectivity index (χ2v) is 22.0. The summed E-state index contributed by atoms with van der Waals surface area (Å²) in [6, 6.07) is 61.4. The zero-order valence-corrected chi connectivity index (χ0v) is 54.0. The predicted octanol–water partition coefficient (Wildman–Crippen LogP) is 8.45. The SMILES string of the molecule is CN(C)c1ccc([PH+](c2ccccc2)c2ccccc2)cc1.CN(C)c1ccc([PH+](c2ccccc2)c2ccccc2)cc1.OC(O)C(F)(F)C(F)(F)F.OC(O)C(F)(F)C(F)(F)F.OC(O)C(F)(F)C(F)(F)F.OC(O)C(F)(F)C(F)(F)F.[Ag].[Ag].[Au].[Au]. The van der Waals surface area contributed by atoms with Crippen LogP contribution in [0.3, 0.4) is 0 Å². The standard InChI is InChI=1S/2C20H20NP.4C3H3F5O2.2Ag.2Au/c2*1-21(2)17-13-15-20(16-14-17)22(18-9-5-3-6-10-18)19-11-7-4-8-12-19;4*4-2(5,1(9)10)3(6,7)8;;;;/h2*3-16H,1-2H3;4*1,9-10H;;;;/p+2. The van der Waals surface area contributed by atoms with Crippen molar-refractivity contribution < 1.29 is 218 Å². The normalized spacial score (nSPS) is 11.9. The van der Waals surface area contributed by atoms with E-state index in [9.17, 15) is 87.8 Å². The van der Waals surface area contributed by atoms with Crippen LogP contribution in [-0.4, -0.2) is 143 Å². The number of halogens is 20. The van der Waals surface area contributed by atoms with Gasteiger partial charge in [0.25, 0.3) is 0 Å². The van der Waals surface area contributed by atoms with Crippen LogP contribution in [0.5, 0.6) is 0 Å². The van der Waals surface area contributed by atoms with Gasteiger partial charge in [-0.15, -0.1) is 0 Å². The van der Waals surface area contributed by atoms with E-state index in [1.165, 1.54) is 43.2 Å². The number of anilines is 2. The Morgan fingerprint density at radius 1 is 0.261 bits per heavy atom.